The fraction of sp³-hybridized carbons (Fsp3) is 0.429. The second-order valence-electron chi connectivity index (χ2n) is 9.59. The highest BCUT2D eigenvalue weighted by Gasteiger charge is 2.36. The minimum absolute atomic E-state index is 0.0448. The number of carbonyl (C=O) groups excluding carboxylic acids is 1. The summed E-state index contributed by atoms with van der Waals surface area (Å²) in [5.41, 5.74) is 6.02. The molecule has 0 bridgehead atoms. The van der Waals surface area contributed by atoms with Gasteiger partial charge in [-0.05, 0) is 81.4 Å². The molecule has 1 amide bonds. The molecule has 0 aliphatic carbocycles. The van der Waals surface area contributed by atoms with Crippen molar-refractivity contribution < 1.29 is 9.53 Å². The number of nitriles is 1. The smallest absolute Gasteiger partial charge is 0.266 e. The molecule has 0 spiro atoms. The van der Waals surface area contributed by atoms with Crippen molar-refractivity contribution in [2.45, 2.75) is 65.8 Å². The molecule has 2 aromatic carbocycles. The van der Waals surface area contributed by atoms with Gasteiger partial charge in [0.05, 0.1) is 7.11 Å². The van der Waals surface area contributed by atoms with E-state index in [-0.39, 0.29) is 11.1 Å². The lowest BCUT2D eigenvalue weighted by Gasteiger charge is -2.47. The molecule has 0 saturated carbocycles. The minimum atomic E-state index is -0.423. The van der Waals surface area contributed by atoms with Crippen molar-refractivity contribution in [3.05, 3.63) is 58.2 Å². The van der Waals surface area contributed by atoms with E-state index in [1.807, 2.05) is 32.0 Å². The SMILES string of the molecule is CCCN1c2cc(OC)c(/C=C(\C#N)C(=O)Nc3cccc(C)c3C)cc2C(C)CC1(C)C. The summed E-state index contributed by atoms with van der Waals surface area (Å²) in [4.78, 5) is 15.4. The van der Waals surface area contributed by atoms with Crippen LogP contribution in [0.15, 0.2) is 35.9 Å². The largest absolute Gasteiger partial charge is 0.496 e. The van der Waals surface area contributed by atoms with Gasteiger partial charge in [0.2, 0.25) is 0 Å². The summed E-state index contributed by atoms with van der Waals surface area (Å²) >= 11 is 0. The van der Waals surface area contributed by atoms with Crippen LogP contribution in [0.2, 0.25) is 0 Å². The van der Waals surface area contributed by atoms with Crippen LogP contribution in [-0.2, 0) is 4.79 Å². The van der Waals surface area contributed by atoms with E-state index < -0.39 is 5.91 Å². The average Bonchev–Trinajstić information content (AvgIpc) is 2.77. The normalized spacial score (nSPS) is 17.2. The highest BCUT2D eigenvalue weighted by Crippen LogP contribution is 2.46. The summed E-state index contributed by atoms with van der Waals surface area (Å²) in [5, 5.41) is 12.7. The number of hydrogen-bond acceptors (Lipinski definition) is 4. The van der Waals surface area contributed by atoms with Crippen LogP contribution in [0.5, 0.6) is 5.75 Å². The fourth-order valence-electron chi connectivity index (χ4n) is 4.84. The second-order valence-corrected chi connectivity index (χ2v) is 9.59. The molecular formula is C28H35N3O2. The first-order valence-electron chi connectivity index (χ1n) is 11.6. The van der Waals surface area contributed by atoms with E-state index in [2.05, 4.69) is 56.1 Å². The molecule has 5 nitrogen and oxygen atoms in total. The highest BCUT2D eigenvalue weighted by molar-refractivity contribution is 6.10. The van der Waals surface area contributed by atoms with Gasteiger partial charge in [0, 0.05) is 35.1 Å². The van der Waals surface area contributed by atoms with E-state index in [0.29, 0.717) is 17.4 Å². The average molecular weight is 446 g/mol. The van der Waals surface area contributed by atoms with Gasteiger partial charge in [0.1, 0.15) is 17.4 Å². The zero-order chi connectivity index (χ0) is 24.3. The van der Waals surface area contributed by atoms with Crippen LogP contribution >= 0.6 is 0 Å². The molecular weight excluding hydrogens is 410 g/mol. The summed E-state index contributed by atoms with van der Waals surface area (Å²) in [6.45, 7) is 13.9. The fourth-order valence-corrected chi connectivity index (χ4v) is 4.84. The second kappa shape index (κ2) is 9.70. The third-order valence-electron chi connectivity index (χ3n) is 6.70. The van der Waals surface area contributed by atoms with E-state index >= 15 is 0 Å². The zero-order valence-electron chi connectivity index (χ0n) is 20.9. The van der Waals surface area contributed by atoms with Crippen molar-refractivity contribution in [1.82, 2.24) is 0 Å². The Morgan fingerprint density at radius 3 is 2.70 bits per heavy atom. The monoisotopic (exact) mass is 445 g/mol. The molecule has 5 heteroatoms. The molecule has 1 atom stereocenters. The molecule has 3 rings (SSSR count). The first-order valence-corrected chi connectivity index (χ1v) is 11.6. The number of fused-ring (bicyclic) bond motifs is 1. The first-order chi connectivity index (χ1) is 15.6. The number of aryl methyl sites for hydroxylation is 1. The van der Waals surface area contributed by atoms with Gasteiger partial charge in [0.15, 0.2) is 0 Å². The number of amides is 1. The third-order valence-corrected chi connectivity index (χ3v) is 6.70. The van der Waals surface area contributed by atoms with Crippen LogP contribution in [0.25, 0.3) is 6.08 Å². The van der Waals surface area contributed by atoms with Gasteiger partial charge in [-0.1, -0.05) is 26.0 Å². The highest BCUT2D eigenvalue weighted by atomic mass is 16.5. The van der Waals surface area contributed by atoms with E-state index in [4.69, 9.17) is 4.74 Å². The van der Waals surface area contributed by atoms with E-state index in [1.54, 1.807) is 13.2 Å². The molecule has 0 fully saturated rings. The Morgan fingerprint density at radius 1 is 1.33 bits per heavy atom. The topological polar surface area (TPSA) is 65.4 Å². The lowest BCUT2D eigenvalue weighted by atomic mass is 9.79. The summed E-state index contributed by atoms with van der Waals surface area (Å²) in [5.74, 6) is 0.593. The van der Waals surface area contributed by atoms with Crippen molar-refractivity contribution in [1.29, 1.82) is 5.26 Å². The summed E-state index contributed by atoms with van der Waals surface area (Å²) in [6.07, 6.45) is 3.72. The molecule has 1 aliphatic heterocycles. The quantitative estimate of drug-likeness (QED) is 0.415. The standard InChI is InChI=1S/C28H35N3O2/c1-8-12-31-25-15-26(33-7)21(14-23(25)19(3)16-28(31,5)6)13-22(17-29)27(32)30-24-11-9-10-18(2)20(24)4/h9-11,13-15,19H,8,12,16H2,1-7H3,(H,30,32)/b22-13+. The molecule has 0 aromatic heterocycles. The number of anilines is 2. The van der Waals surface area contributed by atoms with Crippen molar-refractivity contribution in [3.8, 4) is 11.8 Å². The van der Waals surface area contributed by atoms with Crippen molar-refractivity contribution >= 4 is 23.4 Å². The Labute approximate surface area is 198 Å². The van der Waals surface area contributed by atoms with Crippen LogP contribution < -0.4 is 15.0 Å². The maximum absolute atomic E-state index is 12.9. The summed E-state index contributed by atoms with van der Waals surface area (Å²) in [7, 11) is 1.63. The Kier molecular flexibility index (Phi) is 7.17. The number of nitrogens with zero attached hydrogens (tertiary/aromatic N) is 2. The van der Waals surface area contributed by atoms with Crippen LogP contribution in [0.4, 0.5) is 11.4 Å². The lowest BCUT2D eigenvalue weighted by Crippen LogP contribution is -2.48. The molecule has 33 heavy (non-hydrogen) atoms. The zero-order valence-corrected chi connectivity index (χ0v) is 20.9. The first kappa shape index (κ1) is 24.4. The predicted octanol–water partition coefficient (Wildman–Crippen LogP) is 6.36. The molecule has 0 saturated heterocycles. The molecule has 1 unspecified atom stereocenters. The van der Waals surface area contributed by atoms with Gasteiger partial charge in [-0.15, -0.1) is 0 Å². The number of methoxy groups -OCH3 is 1. The van der Waals surface area contributed by atoms with Gasteiger partial charge in [0.25, 0.3) is 5.91 Å². The Hall–Kier alpha value is -3.26. The maximum Gasteiger partial charge on any atom is 0.266 e. The van der Waals surface area contributed by atoms with Crippen LogP contribution in [-0.4, -0.2) is 25.1 Å². The van der Waals surface area contributed by atoms with E-state index in [0.717, 1.165) is 36.1 Å². The number of nitrogens with one attached hydrogen (secondary N) is 1. The molecule has 174 valence electrons. The predicted molar refractivity (Wildman–Crippen MR) is 136 cm³/mol. The van der Waals surface area contributed by atoms with Gasteiger partial charge in [-0.3, -0.25) is 4.79 Å². The molecule has 2 aromatic rings. The summed E-state index contributed by atoms with van der Waals surface area (Å²) < 4.78 is 5.71. The molecule has 0 radical (unpaired) electrons. The van der Waals surface area contributed by atoms with Crippen LogP contribution in [0.1, 0.15) is 68.7 Å². The van der Waals surface area contributed by atoms with Gasteiger partial charge in [-0.25, -0.2) is 0 Å². The number of carbonyl (C=O) groups is 1. The van der Waals surface area contributed by atoms with E-state index in [1.165, 1.54) is 11.3 Å². The van der Waals surface area contributed by atoms with Gasteiger partial charge >= 0.3 is 0 Å². The number of ether oxygens (including phenoxy) is 1. The number of rotatable bonds is 6. The van der Waals surface area contributed by atoms with Gasteiger partial charge in [-0.2, -0.15) is 5.26 Å². The van der Waals surface area contributed by atoms with Crippen LogP contribution in [0.3, 0.4) is 0 Å². The molecule has 1 N–H and O–H groups in total. The minimum Gasteiger partial charge on any atom is -0.496 e. The Bertz CT molecular complexity index is 1120. The lowest BCUT2D eigenvalue weighted by molar-refractivity contribution is -0.112. The van der Waals surface area contributed by atoms with E-state index in [9.17, 15) is 10.1 Å². The Morgan fingerprint density at radius 2 is 2.06 bits per heavy atom. The third kappa shape index (κ3) is 4.90. The molecule has 1 heterocycles. The van der Waals surface area contributed by atoms with Crippen molar-refractivity contribution in [2.75, 3.05) is 23.9 Å². The van der Waals surface area contributed by atoms with Crippen LogP contribution in [0, 0.1) is 25.2 Å². The van der Waals surface area contributed by atoms with Crippen molar-refractivity contribution in [3.63, 3.8) is 0 Å². The van der Waals surface area contributed by atoms with Crippen molar-refractivity contribution in [2.24, 2.45) is 0 Å². The summed E-state index contributed by atoms with van der Waals surface area (Å²) in [6, 6.07) is 12.0. The molecule has 1 aliphatic rings. The number of hydrogen-bond donors (Lipinski definition) is 1. The maximum atomic E-state index is 12.9. The van der Waals surface area contributed by atoms with Gasteiger partial charge < -0.3 is 15.0 Å². The number of benzene rings is 2. The Balaban J connectivity index is 2.03.